The summed E-state index contributed by atoms with van der Waals surface area (Å²) in [6, 6.07) is 32.7. The van der Waals surface area contributed by atoms with Crippen LogP contribution >= 0.6 is 0 Å². The van der Waals surface area contributed by atoms with Crippen LogP contribution < -0.4 is 9.80 Å². The first-order valence-electron chi connectivity index (χ1n) is 21.7. The molecule has 0 N–H and O–H groups in total. The van der Waals surface area contributed by atoms with Gasteiger partial charge in [0.1, 0.15) is 0 Å². The van der Waals surface area contributed by atoms with E-state index in [1.165, 1.54) is 35.6 Å². The molecule has 0 radical (unpaired) electrons. The molecular weight excluding hydrogens is 769 g/mol. The van der Waals surface area contributed by atoms with E-state index >= 15 is 0 Å². The molecule has 5 aromatic carbocycles. The van der Waals surface area contributed by atoms with Crippen LogP contribution in [-0.2, 0) is 0 Å². The van der Waals surface area contributed by atoms with Crippen LogP contribution in [0.2, 0.25) is 0 Å². The normalized spacial score (nSPS) is 10.1. The molecule has 0 aliphatic heterocycles. The molecule has 0 amide bonds. The van der Waals surface area contributed by atoms with Crippen LogP contribution in [0.25, 0.3) is 0 Å². The monoisotopic (exact) mass is 822 g/mol. The van der Waals surface area contributed by atoms with Gasteiger partial charge in [-0.1, -0.05) is 101 Å². The third-order valence-corrected chi connectivity index (χ3v) is 10.3. The van der Waals surface area contributed by atoms with E-state index in [4.69, 9.17) is 0 Å². The molecule has 8 heteroatoms. The van der Waals surface area contributed by atoms with Crippen molar-refractivity contribution in [2.75, 3.05) is 36.0 Å². The van der Waals surface area contributed by atoms with E-state index < -0.39 is 9.85 Å². The number of hydrogen-bond donors (Lipinski definition) is 0. The van der Waals surface area contributed by atoms with Gasteiger partial charge in [0.15, 0.2) is 0 Å². The van der Waals surface area contributed by atoms with Gasteiger partial charge >= 0.3 is 0 Å². The summed E-state index contributed by atoms with van der Waals surface area (Å²) in [5, 5.41) is 22.6. The van der Waals surface area contributed by atoms with Gasteiger partial charge in [-0.3, -0.25) is 20.2 Å². The first kappa shape index (κ1) is 45.8. The van der Waals surface area contributed by atoms with E-state index in [1.807, 2.05) is 36.4 Å². The van der Waals surface area contributed by atoms with E-state index in [-0.39, 0.29) is 11.4 Å². The van der Waals surface area contributed by atoms with Crippen LogP contribution in [-0.4, -0.2) is 36.0 Å². The fourth-order valence-corrected chi connectivity index (χ4v) is 6.55. The van der Waals surface area contributed by atoms with Gasteiger partial charge in [0, 0.05) is 106 Å². The van der Waals surface area contributed by atoms with Crippen LogP contribution in [0.3, 0.4) is 0 Å². The molecule has 314 valence electrons. The lowest BCUT2D eigenvalue weighted by Crippen LogP contribution is -2.25. The molecule has 0 atom stereocenters. The van der Waals surface area contributed by atoms with Crippen molar-refractivity contribution in [2.45, 2.75) is 79.1 Å². The molecule has 0 bridgehead atoms. The van der Waals surface area contributed by atoms with E-state index in [0.29, 0.717) is 33.4 Å². The second kappa shape index (κ2) is 24.1. The summed E-state index contributed by atoms with van der Waals surface area (Å²) in [6.07, 6.45) is 9.07. The fraction of sp³-hybridized carbons (Fsp3) is 0.296. The van der Waals surface area contributed by atoms with Gasteiger partial charge in [0.2, 0.25) is 0 Å². The van der Waals surface area contributed by atoms with Crippen LogP contribution in [0.15, 0.2) is 109 Å². The predicted octanol–water partition coefficient (Wildman–Crippen LogP) is 11.9. The quantitative estimate of drug-likeness (QED) is 0.0559. The Balaban J connectivity index is 1.60. The minimum absolute atomic E-state index is 0.0110. The SMILES string of the molecule is CCCCN(CCCC)c1ccc(C#Cc2cc(C#Cc3ccc([N+](=O)[O-])cc3)c(C#Cc3ccc(N(CCCC)CCCC)cc3)cc2C#Cc2ccc([N+](=O)[O-])cc2)cc1. The summed E-state index contributed by atoms with van der Waals surface area (Å²) in [4.78, 5) is 26.6. The molecule has 0 heterocycles. The van der Waals surface area contributed by atoms with Crippen molar-refractivity contribution in [1.82, 2.24) is 0 Å². The minimum Gasteiger partial charge on any atom is -0.372 e. The highest BCUT2D eigenvalue weighted by Gasteiger charge is 2.10. The Labute approximate surface area is 367 Å². The number of non-ortho nitro benzene ring substituents is 2. The number of anilines is 2. The third kappa shape index (κ3) is 13.9. The Hall–Kier alpha value is -7.26. The number of benzene rings is 5. The molecule has 8 nitrogen and oxygen atoms in total. The van der Waals surface area contributed by atoms with Gasteiger partial charge in [0.25, 0.3) is 11.4 Å². The van der Waals surface area contributed by atoms with Crippen molar-refractivity contribution >= 4 is 22.7 Å². The van der Waals surface area contributed by atoms with E-state index in [1.54, 1.807) is 24.3 Å². The Bertz CT molecular complexity index is 2340. The van der Waals surface area contributed by atoms with E-state index in [2.05, 4.69) is 109 Å². The van der Waals surface area contributed by atoms with Crippen molar-refractivity contribution in [3.63, 3.8) is 0 Å². The Kier molecular flexibility index (Phi) is 17.8. The molecule has 0 saturated carbocycles. The highest BCUT2D eigenvalue weighted by Crippen LogP contribution is 2.21. The van der Waals surface area contributed by atoms with Crippen LogP contribution in [0, 0.1) is 67.6 Å². The summed E-state index contributed by atoms with van der Waals surface area (Å²) in [5.74, 6) is 26.3. The summed E-state index contributed by atoms with van der Waals surface area (Å²) < 4.78 is 0. The maximum atomic E-state index is 11.3. The summed E-state index contributed by atoms with van der Waals surface area (Å²) in [6.45, 7) is 12.9. The lowest BCUT2D eigenvalue weighted by molar-refractivity contribution is -0.385. The minimum atomic E-state index is -0.435. The topological polar surface area (TPSA) is 92.8 Å². The molecule has 0 aliphatic rings. The van der Waals surface area contributed by atoms with Crippen molar-refractivity contribution in [3.05, 3.63) is 174 Å². The number of unbranched alkanes of at least 4 members (excludes halogenated alkanes) is 4. The van der Waals surface area contributed by atoms with Crippen molar-refractivity contribution in [2.24, 2.45) is 0 Å². The number of hydrogen-bond acceptors (Lipinski definition) is 6. The summed E-state index contributed by atoms with van der Waals surface area (Å²) >= 11 is 0. The Morgan fingerprint density at radius 3 is 0.855 bits per heavy atom. The first-order chi connectivity index (χ1) is 30.2. The van der Waals surface area contributed by atoms with E-state index in [9.17, 15) is 20.2 Å². The second-order valence-electron chi connectivity index (χ2n) is 15.0. The molecule has 0 unspecified atom stereocenters. The molecule has 62 heavy (non-hydrogen) atoms. The molecule has 0 aromatic heterocycles. The molecule has 0 fully saturated rings. The zero-order valence-electron chi connectivity index (χ0n) is 36.3. The number of nitro groups is 2. The summed E-state index contributed by atoms with van der Waals surface area (Å²) in [5.41, 5.74) is 7.79. The standard InChI is InChI=1S/C54H54N4O4/c1-5-9-37-55(38-10-6-2)51-29-17-43(18-30-51)13-25-47-41-50(28-16-46-23-35-54(36-24-46)58(61)62)48(42-49(47)27-15-45-21-33-53(34-22-45)57(59)60)26-14-44-19-31-52(32-20-44)56(39-11-7-3)40-12-8-4/h17-24,29-36,41-42H,5-12,37-40H2,1-4H3. The van der Waals surface area contributed by atoms with Gasteiger partial charge in [-0.05, 0) is 111 Å². The lowest BCUT2D eigenvalue weighted by Gasteiger charge is -2.24. The lowest BCUT2D eigenvalue weighted by atomic mass is 9.97. The van der Waals surface area contributed by atoms with Gasteiger partial charge in [-0.25, -0.2) is 0 Å². The molecular formula is C54H54N4O4. The molecule has 0 aliphatic carbocycles. The fourth-order valence-electron chi connectivity index (χ4n) is 6.55. The first-order valence-corrected chi connectivity index (χ1v) is 21.7. The van der Waals surface area contributed by atoms with Gasteiger partial charge in [-0.15, -0.1) is 0 Å². The van der Waals surface area contributed by atoms with Crippen molar-refractivity contribution in [1.29, 1.82) is 0 Å². The average molecular weight is 823 g/mol. The maximum Gasteiger partial charge on any atom is 0.269 e. The third-order valence-electron chi connectivity index (χ3n) is 10.3. The van der Waals surface area contributed by atoms with Crippen molar-refractivity contribution < 1.29 is 9.85 Å². The smallest absolute Gasteiger partial charge is 0.269 e. The second-order valence-corrected chi connectivity index (χ2v) is 15.0. The number of rotatable bonds is 16. The van der Waals surface area contributed by atoms with Crippen LogP contribution in [0.5, 0.6) is 0 Å². The molecule has 0 saturated heterocycles. The average Bonchev–Trinajstić information content (AvgIpc) is 3.30. The van der Waals surface area contributed by atoms with Crippen LogP contribution in [0.1, 0.15) is 124 Å². The molecule has 5 rings (SSSR count). The highest BCUT2D eigenvalue weighted by molar-refractivity contribution is 5.65. The molecule has 0 spiro atoms. The maximum absolute atomic E-state index is 11.3. The number of nitro benzene ring substituents is 2. The molecule has 5 aromatic rings. The Morgan fingerprint density at radius 1 is 0.387 bits per heavy atom. The zero-order chi connectivity index (χ0) is 44.1. The van der Waals surface area contributed by atoms with Gasteiger partial charge < -0.3 is 9.80 Å². The highest BCUT2D eigenvalue weighted by atomic mass is 16.6. The van der Waals surface area contributed by atoms with Gasteiger partial charge in [0.05, 0.1) is 9.85 Å². The predicted molar refractivity (Wildman–Crippen MR) is 253 cm³/mol. The Morgan fingerprint density at radius 2 is 0.629 bits per heavy atom. The van der Waals surface area contributed by atoms with Crippen LogP contribution in [0.4, 0.5) is 22.7 Å². The summed E-state index contributed by atoms with van der Waals surface area (Å²) in [7, 11) is 0. The number of nitrogens with zero attached hydrogens (tertiary/aromatic N) is 4. The van der Waals surface area contributed by atoms with Crippen molar-refractivity contribution in [3.8, 4) is 47.4 Å². The van der Waals surface area contributed by atoms with Gasteiger partial charge in [-0.2, -0.15) is 0 Å². The zero-order valence-corrected chi connectivity index (χ0v) is 36.3. The van der Waals surface area contributed by atoms with E-state index in [0.717, 1.165) is 88.7 Å². The largest absolute Gasteiger partial charge is 0.372 e.